The van der Waals surface area contributed by atoms with Crippen molar-refractivity contribution >= 4 is 11.6 Å². The van der Waals surface area contributed by atoms with E-state index in [0.29, 0.717) is 0 Å². The third-order valence-corrected chi connectivity index (χ3v) is 4.52. The lowest BCUT2D eigenvalue weighted by Gasteiger charge is -2.16. The number of nitrogens with one attached hydrogen (secondary N) is 1. The molecule has 2 aromatic rings. The lowest BCUT2D eigenvalue weighted by atomic mass is 10.1. The predicted molar refractivity (Wildman–Crippen MR) is 94.3 cm³/mol. The third-order valence-electron chi connectivity index (χ3n) is 4.52. The number of rotatable bonds is 5. The van der Waals surface area contributed by atoms with Gasteiger partial charge in [0, 0.05) is 18.8 Å². The van der Waals surface area contributed by atoms with Gasteiger partial charge in [-0.3, -0.25) is 9.69 Å². The van der Waals surface area contributed by atoms with Crippen molar-refractivity contribution in [3.63, 3.8) is 0 Å². The van der Waals surface area contributed by atoms with Gasteiger partial charge in [0.25, 0.3) is 0 Å². The standard InChI is InChI=1S/C20H24N2O/c1-2-16-8-10-19(11-9-16)21-20(23)18-12-13-22(15-18)14-17-6-4-3-5-7-17/h3-11,18H,2,12-15H2,1H3,(H,21,23). The highest BCUT2D eigenvalue weighted by molar-refractivity contribution is 5.92. The summed E-state index contributed by atoms with van der Waals surface area (Å²) in [5.41, 5.74) is 3.50. The van der Waals surface area contributed by atoms with Crippen molar-refractivity contribution in [2.45, 2.75) is 26.3 Å². The number of nitrogens with zero attached hydrogens (tertiary/aromatic N) is 1. The molecule has 1 fully saturated rings. The maximum atomic E-state index is 12.4. The lowest BCUT2D eigenvalue weighted by molar-refractivity contribution is -0.119. The van der Waals surface area contributed by atoms with Gasteiger partial charge >= 0.3 is 0 Å². The van der Waals surface area contributed by atoms with Gasteiger partial charge < -0.3 is 5.32 Å². The summed E-state index contributed by atoms with van der Waals surface area (Å²) in [7, 11) is 0. The van der Waals surface area contributed by atoms with E-state index >= 15 is 0 Å². The summed E-state index contributed by atoms with van der Waals surface area (Å²) in [5, 5.41) is 3.05. The summed E-state index contributed by atoms with van der Waals surface area (Å²) in [6, 6.07) is 18.6. The molecule has 0 bridgehead atoms. The van der Waals surface area contributed by atoms with E-state index in [2.05, 4.69) is 53.5 Å². The fourth-order valence-corrected chi connectivity index (χ4v) is 3.10. The van der Waals surface area contributed by atoms with Crippen LogP contribution in [-0.2, 0) is 17.8 Å². The average molecular weight is 308 g/mol. The molecule has 0 aliphatic carbocycles. The summed E-state index contributed by atoms with van der Waals surface area (Å²) in [6.07, 6.45) is 1.96. The molecule has 1 atom stereocenters. The monoisotopic (exact) mass is 308 g/mol. The molecule has 2 aromatic carbocycles. The Labute approximate surface area is 138 Å². The molecule has 0 spiro atoms. The van der Waals surface area contributed by atoms with Gasteiger partial charge in [-0.15, -0.1) is 0 Å². The Morgan fingerprint density at radius 2 is 1.83 bits per heavy atom. The number of carbonyl (C=O) groups excluding carboxylic acids is 1. The van der Waals surface area contributed by atoms with Crippen LogP contribution in [0.25, 0.3) is 0 Å². The number of benzene rings is 2. The van der Waals surface area contributed by atoms with Crippen molar-refractivity contribution in [1.82, 2.24) is 4.90 Å². The fourth-order valence-electron chi connectivity index (χ4n) is 3.10. The van der Waals surface area contributed by atoms with Gasteiger partial charge in [-0.1, -0.05) is 49.4 Å². The molecule has 3 rings (SSSR count). The Balaban J connectivity index is 1.52. The zero-order valence-electron chi connectivity index (χ0n) is 13.7. The van der Waals surface area contributed by atoms with Crippen LogP contribution in [0.1, 0.15) is 24.5 Å². The minimum Gasteiger partial charge on any atom is -0.326 e. The van der Waals surface area contributed by atoms with E-state index in [9.17, 15) is 4.79 Å². The summed E-state index contributed by atoms with van der Waals surface area (Å²) >= 11 is 0. The highest BCUT2D eigenvalue weighted by Crippen LogP contribution is 2.21. The van der Waals surface area contributed by atoms with Crippen LogP contribution in [0.15, 0.2) is 54.6 Å². The van der Waals surface area contributed by atoms with Gasteiger partial charge in [0.2, 0.25) is 5.91 Å². The first kappa shape index (κ1) is 15.8. The summed E-state index contributed by atoms with van der Waals surface area (Å²) in [6.45, 7) is 4.89. The topological polar surface area (TPSA) is 32.3 Å². The summed E-state index contributed by atoms with van der Waals surface area (Å²) < 4.78 is 0. The quantitative estimate of drug-likeness (QED) is 0.913. The molecule has 0 aromatic heterocycles. The minimum absolute atomic E-state index is 0.0876. The molecule has 1 saturated heterocycles. The van der Waals surface area contributed by atoms with E-state index in [1.54, 1.807) is 0 Å². The molecule has 0 saturated carbocycles. The Morgan fingerprint density at radius 1 is 1.09 bits per heavy atom. The maximum absolute atomic E-state index is 12.4. The number of aryl methyl sites for hydroxylation is 1. The van der Waals surface area contributed by atoms with Gasteiger partial charge in [0.05, 0.1) is 5.92 Å². The van der Waals surface area contributed by atoms with Crippen LogP contribution in [0.4, 0.5) is 5.69 Å². The number of hydrogen-bond donors (Lipinski definition) is 1. The van der Waals surface area contributed by atoms with E-state index in [4.69, 9.17) is 0 Å². The van der Waals surface area contributed by atoms with E-state index in [1.807, 2.05) is 18.2 Å². The van der Waals surface area contributed by atoms with Crippen molar-refractivity contribution in [3.8, 4) is 0 Å². The largest absolute Gasteiger partial charge is 0.326 e. The molecule has 1 heterocycles. The van der Waals surface area contributed by atoms with Gasteiger partial charge in [0.1, 0.15) is 0 Å². The Morgan fingerprint density at radius 3 is 2.52 bits per heavy atom. The Hall–Kier alpha value is -2.13. The molecule has 0 radical (unpaired) electrons. The van der Waals surface area contributed by atoms with Gasteiger partial charge in [-0.25, -0.2) is 0 Å². The lowest BCUT2D eigenvalue weighted by Crippen LogP contribution is -2.26. The molecule has 23 heavy (non-hydrogen) atoms. The first-order chi connectivity index (χ1) is 11.2. The van der Waals surface area contributed by atoms with Crippen LogP contribution in [0.3, 0.4) is 0 Å². The van der Waals surface area contributed by atoms with E-state index in [1.165, 1.54) is 11.1 Å². The smallest absolute Gasteiger partial charge is 0.228 e. The van der Waals surface area contributed by atoms with Crippen molar-refractivity contribution < 1.29 is 4.79 Å². The Bertz CT molecular complexity index is 636. The number of likely N-dealkylation sites (tertiary alicyclic amines) is 1. The van der Waals surface area contributed by atoms with E-state index in [-0.39, 0.29) is 11.8 Å². The molecule has 1 aliphatic rings. The molecular formula is C20H24N2O. The Kier molecular flexibility index (Phi) is 5.09. The van der Waals surface area contributed by atoms with Crippen LogP contribution in [0.5, 0.6) is 0 Å². The molecule has 120 valence electrons. The second-order valence-electron chi connectivity index (χ2n) is 6.25. The zero-order valence-corrected chi connectivity index (χ0v) is 13.7. The van der Waals surface area contributed by atoms with Crippen LogP contribution in [0, 0.1) is 5.92 Å². The van der Waals surface area contributed by atoms with Gasteiger partial charge in [-0.2, -0.15) is 0 Å². The van der Waals surface area contributed by atoms with Crippen LogP contribution < -0.4 is 5.32 Å². The number of anilines is 1. The molecular weight excluding hydrogens is 284 g/mol. The van der Waals surface area contributed by atoms with Gasteiger partial charge in [-0.05, 0) is 42.6 Å². The molecule has 1 aliphatic heterocycles. The first-order valence-electron chi connectivity index (χ1n) is 8.40. The van der Waals surface area contributed by atoms with Crippen LogP contribution in [0.2, 0.25) is 0 Å². The molecule has 1 unspecified atom stereocenters. The number of hydrogen-bond acceptors (Lipinski definition) is 2. The minimum atomic E-state index is 0.0876. The zero-order chi connectivity index (χ0) is 16.1. The number of amides is 1. The number of carbonyl (C=O) groups is 1. The third kappa shape index (κ3) is 4.20. The van der Waals surface area contributed by atoms with Crippen molar-refractivity contribution in [3.05, 3.63) is 65.7 Å². The second kappa shape index (κ2) is 7.42. The highest BCUT2D eigenvalue weighted by atomic mass is 16.1. The average Bonchev–Trinajstić information content (AvgIpc) is 3.05. The maximum Gasteiger partial charge on any atom is 0.228 e. The van der Waals surface area contributed by atoms with Crippen LogP contribution in [-0.4, -0.2) is 23.9 Å². The molecule has 1 amide bonds. The van der Waals surface area contributed by atoms with Crippen LogP contribution >= 0.6 is 0 Å². The van der Waals surface area contributed by atoms with Crippen molar-refractivity contribution in [1.29, 1.82) is 0 Å². The second-order valence-corrected chi connectivity index (χ2v) is 6.25. The highest BCUT2D eigenvalue weighted by Gasteiger charge is 2.28. The normalized spacial score (nSPS) is 18.0. The van der Waals surface area contributed by atoms with Crippen molar-refractivity contribution in [2.24, 2.45) is 5.92 Å². The summed E-state index contributed by atoms with van der Waals surface area (Å²) in [4.78, 5) is 14.8. The van der Waals surface area contributed by atoms with Gasteiger partial charge in [0.15, 0.2) is 0 Å². The van der Waals surface area contributed by atoms with E-state index in [0.717, 1.165) is 38.2 Å². The SMILES string of the molecule is CCc1ccc(NC(=O)C2CCN(Cc3ccccc3)C2)cc1. The summed E-state index contributed by atoms with van der Waals surface area (Å²) in [5.74, 6) is 0.231. The predicted octanol–water partition coefficient (Wildman–Crippen LogP) is 3.71. The van der Waals surface area contributed by atoms with E-state index < -0.39 is 0 Å². The molecule has 3 heteroatoms. The van der Waals surface area contributed by atoms with Crippen molar-refractivity contribution in [2.75, 3.05) is 18.4 Å². The fraction of sp³-hybridized carbons (Fsp3) is 0.350. The molecule has 3 nitrogen and oxygen atoms in total. The molecule has 1 N–H and O–H groups in total. The first-order valence-corrected chi connectivity index (χ1v) is 8.40.